The average molecular weight is 364 g/mol. The fraction of sp³-hybridized carbons (Fsp3) is 0.278. The molecule has 0 heterocycles. The molecule has 5 nitrogen and oxygen atoms in total. The summed E-state index contributed by atoms with van der Waals surface area (Å²) >= 11 is 0. The van der Waals surface area contributed by atoms with Crippen LogP contribution in [-0.2, 0) is 10.0 Å². The fourth-order valence-corrected chi connectivity index (χ4v) is 3.44. The van der Waals surface area contributed by atoms with E-state index in [2.05, 4.69) is 5.32 Å². The molecule has 1 amide bonds. The second-order valence-electron chi connectivity index (χ2n) is 6.06. The van der Waals surface area contributed by atoms with Crippen LogP contribution in [0.5, 0.6) is 0 Å². The smallest absolute Gasteiger partial charge is 0.264 e. The molecule has 0 bridgehead atoms. The molecule has 0 atom stereocenters. The predicted molar refractivity (Wildman–Crippen MR) is 95.6 cm³/mol. The first-order valence-corrected chi connectivity index (χ1v) is 9.29. The first-order chi connectivity index (χ1) is 11.7. The van der Waals surface area contributed by atoms with Gasteiger partial charge in [0.2, 0.25) is 0 Å². The third-order valence-electron chi connectivity index (χ3n) is 3.62. The molecule has 0 aliphatic carbocycles. The number of benzene rings is 2. The van der Waals surface area contributed by atoms with Gasteiger partial charge in [0.05, 0.1) is 10.6 Å². The molecule has 0 spiro atoms. The largest absolute Gasteiger partial charge is 0.352 e. The molecule has 0 aromatic heterocycles. The van der Waals surface area contributed by atoms with Crippen LogP contribution in [0.25, 0.3) is 0 Å². The molecule has 0 saturated carbocycles. The van der Waals surface area contributed by atoms with Gasteiger partial charge in [-0.3, -0.25) is 9.10 Å². The second-order valence-corrected chi connectivity index (χ2v) is 8.02. The molecule has 0 saturated heterocycles. The summed E-state index contributed by atoms with van der Waals surface area (Å²) in [6.07, 6.45) is 0. The van der Waals surface area contributed by atoms with Crippen molar-refractivity contribution in [3.63, 3.8) is 0 Å². The molecule has 25 heavy (non-hydrogen) atoms. The molecule has 134 valence electrons. The second kappa shape index (κ2) is 7.65. The van der Waals surface area contributed by atoms with Crippen molar-refractivity contribution in [1.29, 1.82) is 0 Å². The SMILES string of the molecule is CC(C)CNC(=O)c1cccc(S(=O)(=O)N(C)c2ccccc2F)c1. The zero-order valence-electron chi connectivity index (χ0n) is 14.4. The van der Waals surface area contributed by atoms with E-state index in [1.54, 1.807) is 6.07 Å². The number of carbonyl (C=O) groups is 1. The zero-order valence-corrected chi connectivity index (χ0v) is 15.2. The Bertz CT molecular complexity index is 866. The number of amides is 1. The van der Waals surface area contributed by atoms with Crippen molar-refractivity contribution in [2.75, 3.05) is 17.9 Å². The zero-order chi connectivity index (χ0) is 18.6. The van der Waals surface area contributed by atoms with Crippen LogP contribution in [0.4, 0.5) is 10.1 Å². The lowest BCUT2D eigenvalue weighted by atomic mass is 10.2. The lowest BCUT2D eigenvalue weighted by Gasteiger charge is -2.20. The molecule has 2 aromatic rings. The topological polar surface area (TPSA) is 66.5 Å². The van der Waals surface area contributed by atoms with Crippen LogP contribution in [0.3, 0.4) is 0 Å². The molecule has 0 unspecified atom stereocenters. The lowest BCUT2D eigenvalue weighted by molar-refractivity contribution is 0.0949. The summed E-state index contributed by atoms with van der Waals surface area (Å²) in [7, 11) is -2.71. The number of para-hydroxylation sites is 1. The fourth-order valence-electron chi connectivity index (χ4n) is 2.19. The van der Waals surface area contributed by atoms with Crippen LogP contribution in [0.15, 0.2) is 53.4 Å². The molecule has 7 heteroatoms. The van der Waals surface area contributed by atoms with Crippen molar-refractivity contribution in [3.05, 3.63) is 59.9 Å². The Morgan fingerprint density at radius 2 is 1.84 bits per heavy atom. The van der Waals surface area contributed by atoms with E-state index in [0.29, 0.717) is 6.54 Å². The predicted octanol–water partition coefficient (Wildman–Crippen LogP) is 3.04. The highest BCUT2D eigenvalue weighted by Gasteiger charge is 2.24. The van der Waals surface area contributed by atoms with Gasteiger partial charge in [-0.15, -0.1) is 0 Å². The van der Waals surface area contributed by atoms with E-state index in [0.717, 1.165) is 4.31 Å². The van der Waals surface area contributed by atoms with Gasteiger partial charge in [-0.05, 0) is 36.2 Å². The molecular weight excluding hydrogens is 343 g/mol. The van der Waals surface area contributed by atoms with Gasteiger partial charge >= 0.3 is 0 Å². The normalized spacial score (nSPS) is 11.4. The Labute approximate surface area is 147 Å². The average Bonchev–Trinajstić information content (AvgIpc) is 2.59. The van der Waals surface area contributed by atoms with Crippen molar-refractivity contribution in [3.8, 4) is 0 Å². The van der Waals surface area contributed by atoms with Crippen molar-refractivity contribution < 1.29 is 17.6 Å². The third kappa shape index (κ3) is 4.36. The van der Waals surface area contributed by atoms with Crippen LogP contribution >= 0.6 is 0 Å². The van der Waals surface area contributed by atoms with E-state index in [-0.39, 0.29) is 28.0 Å². The number of carbonyl (C=O) groups excluding carboxylic acids is 1. The van der Waals surface area contributed by atoms with E-state index in [4.69, 9.17) is 0 Å². The number of halogens is 1. The van der Waals surface area contributed by atoms with Crippen LogP contribution in [-0.4, -0.2) is 27.9 Å². The van der Waals surface area contributed by atoms with Crippen LogP contribution < -0.4 is 9.62 Å². The highest BCUT2D eigenvalue weighted by Crippen LogP contribution is 2.24. The summed E-state index contributed by atoms with van der Waals surface area (Å²) in [5.74, 6) is -0.707. The minimum Gasteiger partial charge on any atom is -0.352 e. The summed E-state index contributed by atoms with van der Waals surface area (Å²) in [5, 5.41) is 2.74. The van der Waals surface area contributed by atoms with Crippen LogP contribution in [0.1, 0.15) is 24.2 Å². The number of sulfonamides is 1. The molecule has 0 aliphatic heterocycles. The first-order valence-electron chi connectivity index (χ1n) is 7.85. The lowest BCUT2D eigenvalue weighted by Crippen LogP contribution is -2.29. The quantitative estimate of drug-likeness (QED) is 0.857. The summed E-state index contributed by atoms with van der Waals surface area (Å²) < 4.78 is 40.3. The summed E-state index contributed by atoms with van der Waals surface area (Å²) in [6, 6.07) is 11.3. The Kier molecular flexibility index (Phi) is 5.79. The van der Waals surface area contributed by atoms with Crippen LogP contribution in [0, 0.1) is 11.7 Å². The van der Waals surface area contributed by atoms with Gasteiger partial charge in [0.1, 0.15) is 5.82 Å². The highest BCUT2D eigenvalue weighted by molar-refractivity contribution is 7.92. The van der Waals surface area contributed by atoms with Gasteiger partial charge < -0.3 is 5.32 Å². The molecule has 2 rings (SSSR count). The van der Waals surface area contributed by atoms with Crippen molar-refractivity contribution in [2.24, 2.45) is 5.92 Å². The van der Waals surface area contributed by atoms with E-state index in [1.165, 1.54) is 49.5 Å². The van der Waals surface area contributed by atoms with Crippen LogP contribution in [0.2, 0.25) is 0 Å². The molecule has 0 aliphatic rings. The number of nitrogens with one attached hydrogen (secondary N) is 1. The highest BCUT2D eigenvalue weighted by atomic mass is 32.2. The maximum atomic E-state index is 13.9. The minimum atomic E-state index is -3.99. The van der Waals surface area contributed by atoms with Crippen molar-refractivity contribution >= 4 is 21.6 Å². The van der Waals surface area contributed by atoms with E-state index in [9.17, 15) is 17.6 Å². The molecule has 0 fully saturated rings. The Hall–Kier alpha value is -2.41. The Morgan fingerprint density at radius 1 is 1.16 bits per heavy atom. The summed E-state index contributed by atoms with van der Waals surface area (Å²) in [4.78, 5) is 12.1. The molecule has 0 radical (unpaired) electrons. The molecule has 2 aromatic carbocycles. The van der Waals surface area contributed by atoms with Gasteiger partial charge in [0.15, 0.2) is 0 Å². The maximum Gasteiger partial charge on any atom is 0.264 e. The van der Waals surface area contributed by atoms with Gasteiger partial charge in [-0.25, -0.2) is 12.8 Å². The van der Waals surface area contributed by atoms with Gasteiger partial charge in [-0.1, -0.05) is 32.0 Å². The van der Waals surface area contributed by atoms with E-state index in [1.807, 2.05) is 13.8 Å². The molecular formula is C18H21FN2O3S. The minimum absolute atomic E-state index is 0.0582. The number of hydrogen-bond acceptors (Lipinski definition) is 3. The first kappa shape index (κ1) is 18.9. The van der Waals surface area contributed by atoms with E-state index >= 15 is 0 Å². The van der Waals surface area contributed by atoms with E-state index < -0.39 is 15.8 Å². The monoisotopic (exact) mass is 364 g/mol. The standard InChI is InChI=1S/C18H21FN2O3S/c1-13(2)12-20-18(22)14-7-6-8-15(11-14)25(23,24)21(3)17-10-5-4-9-16(17)19/h4-11,13H,12H2,1-3H3,(H,20,22). The number of nitrogens with zero attached hydrogens (tertiary/aromatic N) is 1. The van der Waals surface area contributed by atoms with Crippen molar-refractivity contribution in [1.82, 2.24) is 5.32 Å². The van der Waals surface area contributed by atoms with Gasteiger partial charge in [0, 0.05) is 19.2 Å². The Balaban J connectivity index is 2.33. The summed E-state index contributed by atoms with van der Waals surface area (Å²) in [6.45, 7) is 4.42. The van der Waals surface area contributed by atoms with Gasteiger partial charge in [0.25, 0.3) is 15.9 Å². The van der Waals surface area contributed by atoms with Crippen molar-refractivity contribution in [2.45, 2.75) is 18.7 Å². The summed E-state index contributed by atoms with van der Waals surface area (Å²) in [5.41, 5.74) is 0.181. The maximum absolute atomic E-state index is 13.9. The van der Waals surface area contributed by atoms with Gasteiger partial charge in [-0.2, -0.15) is 0 Å². The number of rotatable bonds is 6. The molecule has 1 N–H and O–H groups in total. The third-order valence-corrected chi connectivity index (χ3v) is 5.38. The Morgan fingerprint density at radius 3 is 2.48 bits per heavy atom. The number of anilines is 1. The number of hydrogen-bond donors (Lipinski definition) is 1.